The van der Waals surface area contributed by atoms with E-state index in [0.717, 1.165) is 17.8 Å². The van der Waals surface area contributed by atoms with E-state index in [2.05, 4.69) is 60.3 Å². The van der Waals surface area contributed by atoms with Crippen LogP contribution in [0.15, 0.2) is 55.3 Å². The zero-order valence-electron chi connectivity index (χ0n) is 11.9. The van der Waals surface area contributed by atoms with E-state index in [0.29, 0.717) is 0 Å². The molecular formula is C18H18N2. The minimum Gasteiger partial charge on any atom is -0.339 e. The van der Waals surface area contributed by atoms with Crippen molar-refractivity contribution in [2.45, 2.75) is 20.4 Å². The van der Waals surface area contributed by atoms with Crippen molar-refractivity contribution in [3.63, 3.8) is 0 Å². The number of aromatic nitrogens is 2. The largest absolute Gasteiger partial charge is 0.339 e. The standard InChI is InChI=1S/C18H18N2/c1-4-12-20-14(3)13(2)16-10-11-19-17(18(16)20)15-8-6-5-7-9-15/h4-11H,1,12H2,2-3H3. The molecule has 0 radical (unpaired) electrons. The van der Waals surface area contributed by atoms with Gasteiger partial charge in [0, 0.05) is 29.4 Å². The zero-order valence-corrected chi connectivity index (χ0v) is 11.9. The maximum Gasteiger partial charge on any atom is 0.0945 e. The van der Waals surface area contributed by atoms with Crippen LogP contribution in [0.4, 0.5) is 0 Å². The summed E-state index contributed by atoms with van der Waals surface area (Å²) < 4.78 is 2.30. The van der Waals surface area contributed by atoms with Gasteiger partial charge in [0.2, 0.25) is 0 Å². The first-order chi connectivity index (χ1) is 9.74. The molecule has 0 aliphatic heterocycles. The van der Waals surface area contributed by atoms with Crippen LogP contribution in [0.25, 0.3) is 22.2 Å². The quantitative estimate of drug-likeness (QED) is 0.635. The first-order valence-corrected chi connectivity index (χ1v) is 6.84. The molecule has 0 fully saturated rings. The smallest absolute Gasteiger partial charge is 0.0945 e. The lowest BCUT2D eigenvalue weighted by atomic mass is 10.1. The van der Waals surface area contributed by atoms with Gasteiger partial charge in [-0.05, 0) is 25.5 Å². The van der Waals surface area contributed by atoms with Gasteiger partial charge >= 0.3 is 0 Å². The van der Waals surface area contributed by atoms with Crippen LogP contribution in [0.3, 0.4) is 0 Å². The first kappa shape index (κ1) is 12.7. The van der Waals surface area contributed by atoms with E-state index in [9.17, 15) is 0 Å². The van der Waals surface area contributed by atoms with E-state index in [1.165, 1.54) is 22.2 Å². The highest BCUT2D eigenvalue weighted by Crippen LogP contribution is 2.32. The zero-order chi connectivity index (χ0) is 14.1. The molecule has 2 nitrogen and oxygen atoms in total. The molecule has 0 N–H and O–H groups in total. The second kappa shape index (κ2) is 4.97. The highest BCUT2D eigenvalue weighted by atomic mass is 15.0. The maximum atomic E-state index is 4.62. The lowest BCUT2D eigenvalue weighted by Crippen LogP contribution is -1.99. The van der Waals surface area contributed by atoms with Gasteiger partial charge in [-0.1, -0.05) is 36.4 Å². The Bertz CT molecular complexity index is 767. The van der Waals surface area contributed by atoms with E-state index in [1.807, 2.05) is 18.3 Å². The number of aryl methyl sites for hydroxylation is 1. The molecule has 0 saturated carbocycles. The second-order valence-electron chi connectivity index (χ2n) is 5.03. The van der Waals surface area contributed by atoms with Crippen LogP contribution >= 0.6 is 0 Å². The molecule has 3 rings (SSSR count). The van der Waals surface area contributed by atoms with Crippen LogP contribution in [0.2, 0.25) is 0 Å². The van der Waals surface area contributed by atoms with Gasteiger partial charge < -0.3 is 4.57 Å². The predicted molar refractivity (Wildman–Crippen MR) is 84.8 cm³/mol. The summed E-state index contributed by atoms with van der Waals surface area (Å²) in [6, 6.07) is 12.5. The predicted octanol–water partition coefficient (Wildman–Crippen LogP) is 4.51. The van der Waals surface area contributed by atoms with Gasteiger partial charge in [-0.3, -0.25) is 4.98 Å². The summed E-state index contributed by atoms with van der Waals surface area (Å²) in [7, 11) is 0. The molecule has 20 heavy (non-hydrogen) atoms. The molecule has 1 aromatic carbocycles. The van der Waals surface area contributed by atoms with Gasteiger partial charge in [0.1, 0.15) is 0 Å². The van der Waals surface area contributed by atoms with Crippen molar-refractivity contribution in [1.82, 2.24) is 9.55 Å². The van der Waals surface area contributed by atoms with Crippen LogP contribution in [0.5, 0.6) is 0 Å². The molecule has 2 heterocycles. The Morgan fingerprint density at radius 1 is 1.15 bits per heavy atom. The van der Waals surface area contributed by atoms with Crippen molar-refractivity contribution in [2.75, 3.05) is 0 Å². The average Bonchev–Trinajstić information content (AvgIpc) is 2.74. The molecule has 100 valence electrons. The summed E-state index contributed by atoms with van der Waals surface area (Å²) in [5.41, 5.74) is 6.00. The van der Waals surface area contributed by atoms with Crippen LogP contribution < -0.4 is 0 Å². The maximum absolute atomic E-state index is 4.62. The van der Waals surface area contributed by atoms with Gasteiger partial charge in [0.05, 0.1) is 11.2 Å². The Kier molecular flexibility index (Phi) is 3.15. The van der Waals surface area contributed by atoms with E-state index in [1.54, 1.807) is 0 Å². The van der Waals surface area contributed by atoms with E-state index in [4.69, 9.17) is 0 Å². The number of pyridine rings is 1. The number of hydrogen-bond acceptors (Lipinski definition) is 1. The SMILES string of the molecule is C=CCn1c(C)c(C)c2ccnc(-c3ccccc3)c21. The molecule has 3 aromatic rings. The van der Waals surface area contributed by atoms with Gasteiger partial charge in [-0.2, -0.15) is 0 Å². The fourth-order valence-electron chi connectivity index (χ4n) is 2.76. The summed E-state index contributed by atoms with van der Waals surface area (Å²) in [6.07, 6.45) is 3.84. The molecule has 2 aromatic heterocycles. The van der Waals surface area contributed by atoms with Crippen LogP contribution in [-0.4, -0.2) is 9.55 Å². The molecule has 2 heteroatoms. The van der Waals surface area contributed by atoms with Crippen molar-refractivity contribution in [1.29, 1.82) is 0 Å². The van der Waals surface area contributed by atoms with Crippen molar-refractivity contribution >= 4 is 10.9 Å². The van der Waals surface area contributed by atoms with Crippen molar-refractivity contribution in [3.8, 4) is 11.3 Å². The molecule has 0 aliphatic carbocycles. The average molecular weight is 262 g/mol. The summed E-state index contributed by atoms with van der Waals surface area (Å²) in [5.74, 6) is 0. The first-order valence-electron chi connectivity index (χ1n) is 6.84. The number of nitrogens with zero attached hydrogens (tertiary/aromatic N) is 2. The monoisotopic (exact) mass is 262 g/mol. The summed E-state index contributed by atoms with van der Waals surface area (Å²) in [4.78, 5) is 4.62. The highest BCUT2D eigenvalue weighted by Gasteiger charge is 2.15. The number of benzene rings is 1. The van der Waals surface area contributed by atoms with Crippen LogP contribution in [0.1, 0.15) is 11.3 Å². The molecule has 0 spiro atoms. The van der Waals surface area contributed by atoms with Crippen LogP contribution in [-0.2, 0) is 6.54 Å². The number of rotatable bonds is 3. The third-order valence-corrected chi connectivity index (χ3v) is 3.90. The van der Waals surface area contributed by atoms with Crippen molar-refractivity contribution < 1.29 is 0 Å². The van der Waals surface area contributed by atoms with E-state index >= 15 is 0 Å². The molecule has 0 unspecified atom stereocenters. The Balaban J connectivity index is 2.39. The Morgan fingerprint density at radius 2 is 1.90 bits per heavy atom. The topological polar surface area (TPSA) is 17.8 Å². The van der Waals surface area contributed by atoms with Crippen molar-refractivity contribution in [2.24, 2.45) is 0 Å². The Hall–Kier alpha value is -2.35. The fraction of sp³-hybridized carbons (Fsp3) is 0.167. The molecule has 0 amide bonds. The molecule has 0 bridgehead atoms. The van der Waals surface area contributed by atoms with Crippen molar-refractivity contribution in [3.05, 3.63) is 66.5 Å². The second-order valence-corrected chi connectivity index (χ2v) is 5.03. The van der Waals surface area contributed by atoms with Gasteiger partial charge in [0.15, 0.2) is 0 Å². The normalized spacial score (nSPS) is 10.9. The molecule has 0 atom stereocenters. The fourth-order valence-corrected chi connectivity index (χ4v) is 2.76. The lowest BCUT2D eigenvalue weighted by molar-refractivity contribution is 0.824. The number of hydrogen-bond donors (Lipinski definition) is 0. The van der Waals surface area contributed by atoms with Gasteiger partial charge in [-0.15, -0.1) is 6.58 Å². The van der Waals surface area contributed by atoms with E-state index < -0.39 is 0 Å². The van der Waals surface area contributed by atoms with Crippen LogP contribution in [0, 0.1) is 13.8 Å². The number of allylic oxidation sites excluding steroid dienone is 1. The molecular weight excluding hydrogens is 244 g/mol. The third-order valence-electron chi connectivity index (χ3n) is 3.90. The van der Waals surface area contributed by atoms with Gasteiger partial charge in [-0.25, -0.2) is 0 Å². The Labute approximate surface area is 119 Å². The third kappa shape index (κ3) is 1.85. The number of fused-ring (bicyclic) bond motifs is 1. The minimum atomic E-state index is 0.807. The summed E-state index contributed by atoms with van der Waals surface area (Å²) in [5, 5.41) is 1.28. The van der Waals surface area contributed by atoms with Gasteiger partial charge in [0.25, 0.3) is 0 Å². The van der Waals surface area contributed by atoms with E-state index in [-0.39, 0.29) is 0 Å². The highest BCUT2D eigenvalue weighted by molar-refractivity contribution is 5.95. The molecule has 0 saturated heterocycles. The Morgan fingerprint density at radius 3 is 2.60 bits per heavy atom. The molecule has 0 aliphatic rings. The summed E-state index contributed by atoms with van der Waals surface area (Å²) in [6.45, 7) is 9.01. The summed E-state index contributed by atoms with van der Waals surface area (Å²) >= 11 is 0. The lowest BCUT2D eigenvalue weighted by Gasteiger charge is -2.09. The minimum absolute atomic E-state index is 0.807.